The van der Waals surface area contributed by atoms with E-state index >= 15 is 0 Å². The third-order valence-electron chi connectivity index (χ3n) is 2.02. The summed E-state index contributed by atoms with van der Waals surface area (Å²) in [6.07, 6.45) is 7.56. The van der Waals surface area contributed by atoms with Gasteiger partial charge in [0.05, 0.1) is 12.2 Å². The Morgan fingerprint density at radius 1 is 1.64 bits per heavy atom. The number of unbranched alkanes of at least 4 members (excludes halogenated alkanes) is 1. The van der Waals surface area contributed by atoms with Crippen molar-refractivity contribution in [2.45, 2.75) is 19.8 Å². The molecule has 1 aliphatic rings. The third kappa shape index (κ3) is 3.24. The van der Waals surface area contributed by atoms with Gasteiger partial charge in [-0.25, -0.2) is 4.79 Å². The number of hydrogen-bond donors (Lipinski definition) is 0. The first-order chi connectivity index (χ1) is 6.74. The summed E-state index contributed by atoms with van der Waals surface area (Å²) in [5, 5.41) is 0. The quantitative estimate of drug-likeness (QED) is 0.505. The number of carbonyl (C=O) groups is 1. The topological polar surface area (TPSA) is 29.5 Å². The van der Waals surface area contributed by atoms with Crippen molar-refractivity contribution in [1.29, 1.82) is 0 Å². The summed E-state index contributed by atoms with van der Waals surface area (Å²) in [5.74, 6) is -0.221. The van der Waals surface area contributed by atoms with Crippen LogP contribution in [-0.2, 0) is 9.53 Å². The van der Waals surface area contributed by atoms with Crippen LogP contribution >= 0.6 is 0 Å². The van der Waals surface area contributed by atoms with Crippen molar-refractivity contribution in [2.75, 3.05) is 20.2 Å². The fourth-order valence-electron chi connectivity index (χ4n) is 1.19. The van der Waals surface area contributed by atoms with Gasteiger partial charge in [-0.15, -0.1) is 0 Å². The molecule has 0 amide bonds. The second kappa shape index (κ2) is 5.47. The van der Waals surface area contributed by atoms with E-state index in [0.29, 0.717) is 12.2 Å². The van der Waals surface area contributed by atoms with Crippen molar-refractivity contribution in [3.05, 3.63) is 23.9 Å². The summed E-state index contributed by atoms with van der Waals surface area (Å²) >= 11 is 0. The highest BCUT2D eigenvalue weighted by Gasteiger charge is 2.10. The van der Waals surface area contributed by atoms with Crippen LogP contribution in [0.25, 0.3) is 0 Å². The van der Waals surface area contributed by atoms with Gasteiger partial charge in [0, 0.05) is 19.8 Å². The number of carbonyl (C=O) groups excluding carboxylic acids is 1. The van der Waals surface area contributed by atoms with Crippen LogP contribution in [0.15, 0.2) is 23.9 Å². The predicted octanol–water partition coefficient (Wildman–Crippen LogP) is 1.72. The van der Waals surface area contributed by atoms with Crippen LogP contribution in [-0.4, -0.2) is 31.1 Å². The Morgan fingerprint density at radius 3 is 3.07 bits per heavy atom. The molecule has 0 radical (unpaired) electrons. The maximum absolute atomic E-state index is 11.5. The molecule has 14 heavy (non-hydrogen) atoms. The molecule has 0 aliphatic carbocycles. The van der Waals surface area contributed by atoms with Gasteiger partial charge in [-0.1, -0.05) is 19.4 Å². The molecule has 1 rings (SSSR count). The van der Waals surface area contributed by atoms with Crippen LogP contribution < -0.4 is 0 Å². The summed E-state index contributed by atoms with van der Waals surface area (Å²) in [4.78, 5) is 13.4. The van der Waals surface area contributed by atoms with Gasteiger partial charge in [-0.3, -0.25) is 0 Å². The molecule has 0 saturated heterocycles. The van der Waals surface area contributed by atoms with Gasteiger partial charge in [0.25, 0.3) is 0 Å². The number of ether oxygens (including phenoxy) is 1. The zero-order chi connectivity index (χ0) is 10.4. The lowest BCUT2D eigenvalue weighted by molar-refractivity contribution is -0.138. The molecule has 0 N–H and O–H groups in total. The molecular weight excluding hydrogens is 178 g/mol. The molecule has 0 unspecified atom stereocenters. The Kier molecular flexibility index (Phi) is 4.23. The Morgan fingerprint density at radius 2 is 2.43 bits per heavy atom. The molecule has 3 nitrogen and oxygen atoms in total. The van der Waals surface area contributed by atoms with Crippen molar-refractivity contribution in [2.24, 2.45) is 0 Å². The highest BCUT2D eigenvalue weighted by atomic mass is 16.5. The zero-order valence-corrected chi connectivity index (χ0v) is 8.82. The van der Waals surface area contributed by atoms with E-state index in [2.05, 4.69) is 6.92 Å². The van der Waals surface area contributed by atoms with Crippen molar-refractivity contribution >= 4 is 5.97 Å². The summed E-state index contributed by atoms with van der Waals surface area (Å²) in [6.45, 7) is 3.44. The highest BCUT2D eigenvalue weighted by molar-refractivity contribution is 5.91. The van der Waals surface area contributed by atoms with Gasteiger partial charge in [-0.05, 0) is 12.5 Å². The summed E-state index contributed by atoms with van der Waals surface area (Å²) in [6, 6.07) is 0. The fraction of sp³-hybridized carbons (Fsp3) is 0.545. The third-order valence-corrected chi connectivity index (χ3v) is 2.02. The molecule has 0 atom stereocenters. The molecule has 0 bridgehead atoms. The summed E-state index contributed by atoms with van der Waals surface area (Å²) in [7, 11) is 1.93. The lowest BCUT2D eigenvalue weighted by Crippen LogP contribution is -2.18. The SMILES string of the molecule is CCCCOC(=O)C1=CN(C)CC=C1. The Hall–Kier alpha value is -1.25. The van der Waals surface area contributed by atoms with Crippen LogP contribution in [0.4, 0.5) is 0 Å². The zero-order valence-electron chi connectivity index (χ0n) is 8.82. The summed E-state index contributed by atoms with van der Waals surface area (Å²) < 4.78 is 5.09. The summed E-state index contributed by atoms with van der Waals surface area (Å²) in [5.41, 5.74) is 0.634. The monoisotopic (exact) mass is 195 g/mol. The Balaban J connectivity index is 2.40. The van der Waals surface area contributed by atoms with Gasteiger partial charge in [-0.2, -0.15) is 0 Å². The van der Waals surface area contributed by atoms with E-state index in [1.165, 1.54) is 0 Å². The molecule has 0 aromatic carbocycles. The average molecular weight is 195 g/mol. The minimum Gasteiger partial charge on any atom is -0.462 e. The number of rotatable bonds is 4. The van der Waals surface area contributed by atoms with Crippen LogP contribution in [0.2, 0.25) is 0 Å². The van der Waals surface area contributed by atoms with Crippen molar-refractivity contribution < 1.29 is 9.53 Å². The normalized spacial score (nSPS) is 15.3. The van der Waals surface area contributed by atoms with E-state index in [-0.39, 0.29) is 5.97 Å². The molecular formula is C11H17NO2. The van der Waals surface area contributed by atoms with Gasteiger partial charge in [0.1, 0.15) is 0 Å². The first-order valence-corrected chi connectivity index (χ1v) is 4.99. The van der Waals surface area contributed by atoms with Crippen molar-refractivity contribution in [1.82, 2.24) is 4.90 Å². The van der Waals surface area contributed by atoms with Gasteiger partial charge in [0.15, 0.2) is 0 Å². The van der Waals surface area contributed by atoms with Gasteiger partial charge >= 0.3 is 5.97 Å². The van der Waals surface area contributed by atoms with Crippen molar-refractivity contribution in [3.63, 3.8) is 0 Å². The Labute approximate surface area is 85.0 Å². The van der Waals surface area contributed by atoms with Crippen LogP contribution in [0.5, 0.6) is 0 Å². The standard InChI is InChI=1S/C11H17NO2/c1-3-4-8-14-11(13)10-6-5-7-12(2)9-10/h5-6,9H,3-4,7-8H2,1-2H3. The molecule has 3 heteroatoms. The lowest BCUT2D eigenvalue weighted by Gasteiger charge is -2.16. The smallest absolute Gasteiger partial charge is 0.339 e. The van der Waals surface area contributed by atoms with Gasteiger partial charge < -0.3 is 9.64 Å². The van der Waals surface area contributed by atoms with E-state index in [1.807, 2.05) is 30.3 Å². The molecule has 0 aromatic rings. The molecule has 0 saturated carbocycles. The molecule has 0 spiro atoms. The lowest BCUT2D eigenvalue weighted by atomic mass is 10.2. The first-order valence-electron chi connectivity index (χ1n) is 4.99. The van der Waals surface area contributed by atoms with E-state index in [4.69, 9.17) is 4.74 Å². The van der Waals surface area contributed by atoms with E-state index in [1.54, 1.807) is 0 Å². The molecule has 1 aliphatic heterocycles. The average Bonchev–Trinajstić information content (AvgIpc) is 2.18. The minimum absolute atomic E-state index is 0.221. The first kappa shape index (κ1) is 10.8. The maximum Gasteiger partial charge on any atom is 0.339 e. The predicted molar refractivity (Wildman–Crippen MR) is 55.7 cm³/mol. The van der Waals surface area contributed by atoms with Gasteiger partial charge in [0.2, 0.25) is 0 Å². The minimum atomic E-state index is -0.221. The second-order valence-electron chi connectivity index (χ2n) is 3.42. The van der Waals surface area contributed by atoms with E-state index in [9.17, 15) is 4.79 Å². The van der Waals surface area contributed by atoms with Crippen LogP contribution in [0, 0.1) is 0 Å². The van der Waals surface area contributed by atoms with Crippen molar-refractivity contribution in [3.8, 4) is 0 Å². The number of hydrogen-bond acceptors (Lipinski definition) is 3. The van der Waals surface area contributed by atoms with E-state index < -0.39 is 0 Å². The molecule has 78 valence electrons. The van der Waals surface area contributed by atoms with Crippen LogP contribution in [0.3, 0.4) is 0 Å². The molecule has 0 fully saturated rings. The Bertz CT molecular complexity index is 256. The largest absolute Gasteiger partial charge is 0.462 e. The number of nitrogens with zero attached hydrogens (tertiary/aromatic N) is 1. The molecule has 1 heterocycles. The second-order valence-corrected chi connectivity index (χ2v) is 3.42. The number of esters is 1. The maximum atomic E-state index is 11.5. The van der Waals surface area contributed by atoms with Crippen LogP contribution in [0.1, 0.15) is 19.8 Å². The fourth-order valence-corrected chi connectivity index (χ4v) is 1.19. The number of likely N-dealkylation sites (N-methyl/N-ethyl adjacent to an activating group) is 1. The highest BCUT2D eigenvalue weighted by Crippen LogP contribution is 2.07. The molecule has 0 aromatic heterocycles. The van der Waals surface area contributed by atoms with E-state index in [0.717, 1.165) is 19.4 Å².